The number of nitrogens with zero attached hydrogens (tertiary/aromatic N) is 3. The number of halogens is 2. The molecule has 0 aromatic heterocycles. The van der Waals surface area contributed by atoms with Crippen LogP contribution in [0.2, 0.25) is 5.02 Å². The van der Waals surface area contributed by atoms with Gasteiger partial charge in [-0.05, 0) is 98.5 Å². The molecular formula is C39H58ClFN4O4S. The minimum absolute atomic E-state index is 0.00439. The first-order valence-corrected chi connectivity index (χ1v) is 20.2. The highest BCUT2D eigenvalue weighted by molar-refractivity contribution is 7.89. The number of methoxy groups -OCH3 is 1. The average Bonchev–Trinajstić information content (AvgIpc) is 3.71. The van der Waals surface area contributed by atoms with Crippen molar-refractivity contribution in [2.45, 2.75) is 104 Å². The molecule has 3 aliphatic rings. The van der Waals surface area contributed by atoms with Crippen molar-refractivity contribution in [1.82, 2.24) is 19.4 Å². The van der Waals surface area contributed by atoms with Crippen molar-refractivity contribution in [1.29, 1.82) is 0 Å². The van der Waals surface area contributed by atoms with E-state index in [4.69, 9.17) is 16.3 Å². The molecule has 2 aromatic rings. The molecule has 2 bridgehead atoms. The number of hydrogen-bond acceptors (Lipinski definition) is 6. The summed E-state index contributed by atoms with van der Waals surface area (Å²) in [5, 5.41) is 3.70. The number of ether oxygens (including phenoxy) is 1. The Bertz CT molecular complexity index is 1610. The van der Waals surface area contributed by atoms with Gasteiger partial charge in [-0.1, -0.05) is 70.5 Å². The zero-order valence-electron chi connectivity index (χ0n) is 31.2. The molecule has 50 heavy (non-hydrogen) atoms. The molecule has 1 aliphatic heterocycles. The van der Waals surface area contributed by atoms with E-state index in [0.29, 0.717) is 47.2 Å². The molecule has 1 amide bonds. The van der Waals surface area contributed by atoms with Crippen molar-refractivity contribution in [2.24, 2.45) is 29.1 Å². The van der Waals surface area contributed by atoms with E-state index in [2.05, 4.69) is 49.7 Å². The minimum Gasteiger partial charge on any atom is -0.494 e. The zero-order valence-corrected chi connectivity index (χ0v) is 32.8. The monoisotopic (exact) mass is 732 g/mol. The van der Waals surface area contributed by atoms with Gasteiger partial charge in [0.2, 0.25) is 15.9 Å². The Labute approximate surface area is 305 Å². The molecule has 1 saturated heterocycles. The number of hydrogen-bond donors (Lipinski definition) is 1. The number of benzene rings is 2. The van der Waals surface area contributed by atoms with Crippen LogP contribution in [0.15, 0.2) is 36.4 Å². The molecule has 1 N–H and O–H groups in total. The first-order chi connectivity index (χ1) is 23.5. The van der Waals surface area contributed by atoms with Gasteiger partial charge in [-0.15, -0.1) is 0 Å². The van der Waals surface area contributed by atoms with Crippen LogP contribution in [0.5, 0.6) is 5.75 Å². The SMILES string of the molecule is COc1ccc(Cl)c(CN(Cc2cccc(CN3C(C(=O)N[C@@H]4[C@@H]5CC[C@@H](C5)[C@H]4C(C)C)CCS3(=O)=O)c2)[C@H](CN(C)C)CC(C)(C)C)c1F. The number of sulfonamides is 1. The van der Waals surface area contributed by atoms with Gasteiger partial charge in [0, 0.05) is 48.8 Å². The van der Waals surface area contributed by atoms with Gasteiger partial charge in [-0.25, -0.2) is 12.8 Å². The van der Waals surface area contributed by atoms with Gasteiger partial charge in [-0.3, -0.25) is 9.69 Å². The first kappa shape index (κ1) is 39.0. The lowest BCUT2D eigenvalue weighted by Crippen LogP contribution is -2.52. The van der Waals surface area contributed by atoms with Crippen LogP contribution in [-0.4, -0.2) is 80.1 Å². The average molecular weight is 733 g/mol. The standard InChI is InChI=1S/C39H58ClFN4O4S/c1-25(2)35-28-12-13-29(19-28)37(35)42-38(46)33-16-17-50(47,48)45(33)22-27-11-9-10-26(18-27)21-44(30(23-43(6)7)20-39(3,4)5)24-31-32(40)14-15-34(49-8)36(31)41/h9-11,14-15,18,25,28-30,33,35,37H,12-13,16-17,19-24H2,1-8H3,(H,42,46)/t28-,29+,30-,33?,35+,37+/m0/s1. The summed E-state index contributed by atoms with van der Waals surface area (Å²) in [7, 11) is 1.92. The molecule has 6 atom stereocenters. The smallest absolute Gasteiger partial charge is 0.238 e. The van der Waals surface area contributed by atoms with Crippen LogP contribution in [0.3, 0.4) is 0 Å². The lowest BCUT2D eigenvalue weighted by atomic mass is 9.77. The van der Waals surface area contributed by atoms with E-state index in [1.54, 1.807) is 12.1 Å². The Hall–Kier alpha value is -2.24. The van der Waals surface area contributed by atoms with Gasteiger partial charge in [0.05, 0.1) is 12.9 Å². The topological polar surface area (TPSA) is 82.2 Å². The number of amides is 1. The van der Waals surface area contributed by atoms with Crippen molar-refractivity contribution in [3.05, 3.63) is 63.9 Å². The lowest BCUT2D eigenvalue weighted by Gasteiger charge is -2.38. The molecule has 8 nitrogen and oxygen atoms in total. The molecular weight excluding hydrogens is 675 g/mol. The quantitative estimate of drug-likeness (QED) is 0.227. The van der Waals surface area contributed by atoms with Gasteiger partial charge in [-0.2, -0.15) is 4.31 Å². The number of carbonyl (C=O) groups excluding carboxylic acids is 1. The third-order valence-electron chi connectivity index (χ3n) is 11.1. The van der Waals surface area contributed by atoms with E-state index in [1.807, 2.05) is 38.4 Å². The van der Waals surface area contributed by atoms with Gasteiger partial charge < -0.3 is 15.0 Å². The number of nitrogens with one attached hydrogen (secondary N) is 1. The van der Waals surface area contributed by atoms with E-state index in [-0.39, 0.29) is 48.0 Å². The number of fused-ring (bicyclic) bond motifs is 2. The van der Waals surface area contributed by atoms with E-state index in [0.717, 1.165) is 36.9 Å². The molecule has 11 heteroatoms. The van der Waals surface area contributed by atoms with Gasteiger partial charge in [0.25, 0.3) is 0 Å². The summed E-state index contributed by atoms with van der Waals surface area (Å²) < 4.78 is 49.2. The summed E-state index contributed by atoms with van der Waals surface area (Å²) >= 11 is 6.60. The predicted molar refractivity (Wildman–Crippen MR) is 199 cm³/mol. The van der Waals surface area contributed by atoms with Gasteiger partial charge in [0.1, 0.15) is 6.04 Å². The third-order valence-corrected chi connectivity index (χ3v) is 13.3. The number of carbonyl (C=O) groups is 1. The number of rotatable bonds is 14. The minimum atomic E-state index is -3.60. The predicted octanol–water partition coefficient (Wildman–Crippen LogP) is 6.95. The molecule has 5 rings (SSSR count). The van der Waals surface area contributed by atoms with Crippen LogP contribution in [0.25, 0.3) is 0 Å². The second-order valence-corrected chi connectivity index (χ2v) is 19.3. The molecule has 0 radical (unpaired) electrons. The normalized spacial score (nSPS) is 25.6. The third kappa shape index (κ3) is 9.03. The van der Waals surface area contributed by atoms with Gasteiger partial charge >= 0.3 is 0 Å². The van der Waals surface area contributed by atoms with Crippen LogP contribution in [-0.2, 0) is 34.5 Å². The maximum Gasteiger partial charge on any atom is 0.238 e. The molecule has 0 spiro atoms. The molecule has 1 heterocycles. The Morgan fingerprint density at radius 1 is 1.08 bits per heavy atom. The highest BCUT2D eigenvalue weighted by Crippen LogP contribution is 2.51. The highest BCUT2D eigenvalue weighted by Gasteiger charge is 2.50. The fraction of sp³-hybridized carbons (Fsp3) is 0.667. The maximum atomic E-state index is 15.7. The fourth-order valence-corrected chi connectivity index (χ4v) is 10.9. The van der Waals surface area contributed by atoms with E-state index >= 15 is 4.39 Å². The van der Waals surface area contributed by atoms with Crippen LogP contribution in [0, 0.1) is 34.9 Å². The number of likely N-dealkylation sites (N-methyl/N-ethyl adjacent to an activating group) is 1. The van der Waals surface area contributed by atoms with Crippen molar-refractivity contribution in [3.8, 4) is 5.75 Å². The Morgan fingerprint density at radius 3 is 2.44 bits per heavy atom. The summed E-state index contributed by atoms with van der Waals surface area (Å²) in [5.74, 6) is 1.53. The lowest BCUT2D eigenvalue weighted by molar-refractivity contribution is -0.126. The van der Waals surface area contributed by atoms with Crippen LogP contribution < -0.4 is 10.1 Å². The van der Waals surface area contributed by atoms with Crippen molar-refractivity contribution in [2.75, 3.05) is 33.5 Å². The first-order valence-electron chi connectivity index (χ1n) is 18.2. The van der Waals surface area contributed by atoms with E-state index < -0.39 is 21.9 Å². The van der Waals surface area contributed by atoms with E-state index in [9.17, 15) is 13.2 Å². The van der Waals surface area contributed by atoms with Crippen LogP contribution in [0.1, 0.15) is 83.4 Å². The molecule has 3 fully saturated rings. The molecule has 2 aliphatic carbocycles. The summed E-state index contributed by atoms with van der Waals surface area (Å²) in [6.07, 6.45) is 4.67. The van der Waals surface area contributed by atoms with Crippen LogP contribution >= 0.6 is 11.6 Å². The molecule has 278 valence electrons. The van der Waals surface area contributed by atoms with Gasteiger partial charge in [0.15, 0.2) is 11.6 Å². The van der Waals surface area contributed by atoms with E-state index in [1.165, 1.54) is 17.8 Å². The summed E-state index contributed by atoms with van der Waals surface area (Å²) in [5.41, 5.74) is 2.17. The van der Waals surface area contributed by atoms with Crippen LogP contribution in [0.4, 0.5) is 4.39 Å². The second kappa shape index (κ2) is 15.8. The molecule has 2 saturated carbocycles. The van der Waals surface area contributed by atoms with Crippen molar-refractivity contribution < 1.29 is 22.3 Å². The molecule has 1 unspecified atom stereocenters. The Balaban J connectivity index is 1.39. The fourth-order valence-electron chi connectivity index (χ4n) is 9.03. The van der Waals surface area contributed by atoms with Crippen molar-refractivity contribution >= 4 is 27.5 Å². The summed E-state index contributed by atoms with van der Waals surface area (Å²) in [6, 6.07) is 10.6. The Morgan fingerprint density at radius 2 is 1.78 bits per heavy atom. The largest absolute Gasteiger partial charge is 0.494 e. The van der Waals surface area contributed by atoms with Crippen molar-refractivity contribution in [3.63, 3.8) is 0 Å². The Kier molecular flexibility index (Phi) is 12.3. The summed E-state index contributed by atoms with van der Waals surface area (Å²) in [6.45, 7) is 12.7. The summed E-state index contributed by atoms with van der Waals surface area (Å²) in [4.78, 5) is 18.2. The highest BCUT2D eigenvalue weighted by atomic mass is 35.5. The molecule has 2 aromatic carbocycles. The maximum absolute atomic E-state index is 15.7. The second-order valence-electron chi connectivity index (χ2n) is 16.8. The zero-order chi connectivity index (χ0) is 36.5.